The summed E-state index contributed by atoms with van der Waals surface area (Å²) in [6, 6.07) is 8.71. The van der Waals surface area contributed by atoms with Gasteiger partial charge < -0.3 is 11.1 Å². The molecule has 1 aliphatic carbocycles. The van der Waals surface area contributed by atoms with E-state index in [1.54, 1.807) is 6.92 Å². The van der Waals surface area contributed by atoms with E-state index < -0.39 is 24.1 Å². The van der Waals surface area contributed by atoms with Crippen molar-refractivity contribution in [2.75, 3.05) is 0 Å². The highest BCUT2D eigenvalue weighted by Gasteiger charge is 2.41. The first-order valence-corrected chi connectivity index (χ1v) is 7.96. The number of amides is 1. The number of halogens is 4. The summed E-state index contributed by atoms with van der Waals surface area (Å²) in [5.74, 6) is -1.87. The molecule has 2 atom stereocenters. The third kappa shape index (κ3) is 5.38. The Morgan fingerprint density at radius 3 is 2.21 bits per heavy atom. The monoisotopic (exact) mass is 364 g/mol. The van der Waals surface area contributed by atoms with Crippen LogP contribution in [0.15, 0.2) is 30.3 Å². The van der Waals surface area contributed by atoms with Crippen LogP contribution in [0.1, 0.15) is 44.2 Å². The van der Waals surface area contributed by atoms with Gasteiger partial charge in [0.1, 0.15) is 0 Å². The van der Waals surface area contributed by atoms with E-state index in [1.165, 1.54) is 0 Å². The van der Waals surface area contributed by atoms with Crippen LogP contribution in [0.25, 0.3) is 0 Å². The number of hydrogen-bond acceptors (Lipinski definition) is 2. The Hall–Kier alpha value is -1.27. The fourth-order valence-electron chi connectivity index (χ4n) is 3.02. The Morgan fingerprint density at radius 2 is 1.71 bits per heavy atom. The SMILES string of the molecule is CC(C(=O)NC1CCC(C(F)(F)F)CC1)C(N)c1ccccc1.Cl. The molecule has 1 aromatic carbocycles. The van der Waals surface area contributed by atoms with Crippen LogP contribution in [-0.2, 0) is 4.79 Å². The molecule has 3 nitrogen and oxygen atoms in total. The molecule has 0 aromatic heterocycles. The zero-order valence-electron chi connectivity index (χ0n) is 13.6. The standard InChI is InChI=1S/C17H23F3N2O.ClH/c1-11(15(21)12-5-3-2-4-6-12)16(23)22-14-9-7-13(8-10-14)17(18,19)20;/h2-6,11,13-15H,7-10,21H2,1H3,(H,22,23);1H. The van der Waals surface area contributed by atoms with Gasteiger partial charge in [0.2, 0.25) is 5.91 Å². The van der Waals surface area contributed by atoms with Crippen LogP contribution in [0, 0.1) is 11.8 Å². The van der Waals surface area contributed by atoms with Crippen LogP contribution in [-0.4, -0.2) is 18.1 Å². The summed E-state index contributed by atoms with van der Waals surface area (Å²) in [6.45, 7) is 1.74. The molecule has 7 heteroatoms. The zero-order valence-corrected chi connectivity index (χ0v) is 14.4. The van der Waals surface area contributed by atoms with E-state index in [0.717, 1.165) is 5.56 Å². The number of carbonyl (C=O) groups is 1. The summed E-state index contributed by atoms with van der Waals surface area (Å²) in [6.07, 6.45) is -3.24. The molecule has 1 aliphatic rings. The molecule has 0 saturated heterocycles. The Balaban J connectivity index is 0.00000288. The number of alkyl halides is 3. The zero-order chi connectivity index (χ0) is 17.0. The van der Waals surface area contributed by atoms with Crippen LogP contribution < -0.4 is 11.1 Å². The summed E-state index contributed by atoms with van der Waals surface area (Å²) in [7, 11) is 0. The Morgan fingerprint density at radius 1 is 1.17 bits per heavy atom. The van der Waals surface area contributed by atoms with E-state index in [2.05, 4.69) is 5.32 Å². The maximum Gasteiger partial charge on any atom is 0.391 e. The van der Waals surface area contributed by atoms with Gasteiger partial charge in [-0.1, -0.05) is 37.3 Å². The molecule has 0 aliphatic heterocycles. The molecule has 24 heavy (non-hydrogen) atoms. The molecule has 1 aromatic rings. The van der Waals surface area contributed by atoms with E-state index in [-0.39, 0.29) is 37.2 Å². The van der Waals surface area contributed by atoms with Crippen LogP contribution >= 0.6 is 12.4 Å². The summed E-state index contributed by atoms with van der Waals surface area (Å²) in [4.78, 5) is 12.3. The minimum atomic E-state index is -4.13. The number of benzene rings is 1. The highest BCUT2D eigenvalue weighted by atomic mass is 35.5. The molecular weight excluding hydrogens is 341 g/mol. The minimum absolute atomic E-state index is 0. The highest BCUT2D eigenvalue weighted by molar-refractivity contribution is 5.85. The van der Waals surface area contributed by atoms with Crippen molar-refractivity contribution >= 4 is 18.3 Å². The molecule has 0 heterocycles. The number of nitrogens with two attached hydrogens (primary N) is 1. The average Bonchev–Trinajstić information content (AvgIpc) is 2.54. The minimum Gasteiger partial charge on any atom is -0.353 e. The molecule has 0 spiro atoms. The van der Waals surface area contributed by atoms with Crippen molar-refractivity contribution in [3.8, 4) is 0 Å². The van der Waals surface area contributed by atoms with Gasteiger partial charge in [-0.05, 0) is 31.2 Å². The second-order valence-corrected chi connectivity index (χ2v) is 6.32. The lowest BCUT2D eigenvalue weighted by atomic mass is 9.85. The first-order valence-electron chi connectivity index (χ1n) is 7.96. The number of carbonyl (C=O) groups excluding carboxylic acids is 1. The highest BCUT2D eigenvalue weighted by Crippen LogP contribution is 2.37. The van der Waals surface area contributed by atoms with Crippen molar-refractivity contribution in [3.63, 3.8) is 0 Å². The molecule has 136 valence electrons. The lowest BCUT2D eigenvalue weighted by Crippen LogP contribution is -2.44. The van der Waals surface area contributed by atoms with Crippen molar-refractivity contribution in [3.05, 3.63) is 35.9 Å². The first-order chi connectivity index (χ1) is 10.8. The predicted molar refractivity (Wildman–Crippen MR) is 89.7 cm³/mol. The second-order valence-electron chi connectivity index (χ2n) is 6.32. The van der Waals surface area contributed by atoms with E-state index in [0.29, 0.717) is 12.8 Å². The van der Waals surface area contributed by atoms with Crippen LogP contribution in [0.5, 0.6) is 0 Å². The topological polar surface area (TPSA) is 55.1 Å². The molecular formula is C17H24ClF3N2O. The fraction of sp³-hybridized carbons (Fsp3) is 0.588. The van der Waals surface area contributed by atoms with Gasteiger partial charge in [-0.2, -0.15) is 13.2 Å². The van der Waals surface area contributed by atoms with Crippen LogP contribution in [0.4, 0.5) is 13.2 Å². The predicted octanol–water partition coefficient (Wildman–Crippen LogP) is 3.98. The van der Waals surface area contributed by atoms with E-state index in [1.807, 2.05) is 30.3 Å². The van der Waals surface area contributed by atoms with Gasteiger partial charge in [0.25, 0.3) is 0 Å². The van der Waals surface area contributed by atoms with Crippen LogP contribution in [0.2, 0.25) is 0 Å². The molecule has 3 N–H and O–H groups in total. The Labute approximate surface area is 146 Å². The molecule has 0 radical (unpaired) electrons. The molecule has 1 saturated carbocycles. The van der Waals surface area contributed by atoms with Gasteiger partial charge in [0.15, 0.2) is 0 Å². The quantitative estimate of drug-likeness (QED) is 0.849. The van der Waals surface area contributed by atoms with Gasteiger partial charge in [0.05, 0.1) is 11.8 Å². The van der Waals surface area contributed by atoms with Crippen molar-refractivity contribution in [2.45, 2.75) is 50.9 Å². The number of rotatable bonds is 4. The van der Waals surface area contributed by atoms with E-state index in [4.69, 9.17) is 5.73 Å². The lowest BCUT2D eigenvalue weighted by Gasteiger charge is -2.31. The van der Waals surface area contributed by atoms with Crippen LogP contribution in [0.3, 0.4) is 0 Å². The van der Waals surface area contributed by atoms with E-state index >= 15 is 0 Å². The van der Waals surface area contributed by atoms with Crippen molar-refractivity contribution in [1.29, 1.82) is 0 Å². The summed E-state index contributed by atoms with van der Waals surface area (Å²) < 4.78 is 37.9. The van der Waals surface area contributed by atoms with Crippen molar-refractivity contribution < 1.29 is 18.0 Å². The summed E-state index contributed by atoms with van der Waals surface area (Å²) in [5, 5.41) is 2.86. The third-order valence-electron chi connectivity index (χ3n) is 4.67. The summed E-state index contributed by atoms with van der Waals surface area (Å²) in [5.41, 5.74) is 6.99. The second kappa shape index (κ2) is 8.72. The number of hydrogen-bond donors (Lipinski definition) is 2. The van der Waals surface area contributed by atoms with E-state index in [9.17, 15) is 18.0 Å². The molecule has 2 rings (SSSR count). The largest absolute Gasteiger partial charge is 0.391 e. The Kier molecular flexibility index (Phi) is 7.55. The van der Waals surface area contributed by atoms with Crippen molar-refractivity contribution in [2.24, 2.45) is 17.6 Å². The normalized spacial score (nSPS) is 23.7. The maximum absolute atomic E-state index is 12.6. The molecule has 1 amide bonds. The maximum atomic E-state index is 12.6. The Bertz CT molecular complexity index is 516. The fourth-order valence-corrected chi connectivity index (χ4v) is 3.02. The molecule has 1 fully saturated rings. The third-order valence-corrected chi connectivity index (χ3v) is 4.67. The number of nitrogens with one attached hydrogen (secondary N) is 1. The van der Waals surface area contributed by atoms with Gasteiger partial charge >= 0.3 is 6.18 Å². The van der Waals surface area contributed by atoms with Gasteiger partial charge in [-0.25, -0.2) is 0 Å². The average molecular weight is 365 g/mol. The van der Waals surface area contributed by atoms with Crippen molar-refractivity contribution in [1.82, 2.24) is 5.32 Å². The smallest absolute Gasteiger partial charge is 0.353 e. The first kappa shape index (κ1) is 20.8. The van der Waals surface area contributed by atoms with Gasteiger partial charge in [0, 0.05) is 12.1 Å². The van der Waals surface area contributed by atoms with Gasteiger partial charge in [-0.3, -0.25) is 4.79 Å². The summed E-state index contributed by atoms with van der Waals surface area (Å²) >= 11 is 0. The van der Waals surface area contributed by atoms with Gasteiger partial charge in [-0.15, -0.1) is 12.4 Å². The lowest BCUT2D eigenvalue weighted by molar-refractivity contribution is -0.182. The molecule has 2 unspecified atom stereocenters. The molecule has 0 bridgehead atoms.